The van der Waals surface area contributed by atoms with E-state index in [2.05, 4.69) is 5.32 Å². The van der Waals surface area contributed by atoms with Crippen molar-refractivity contribution in [2.75, 3.05) is 5.32 Å². The van der Waals surface area contributed by atoms with Gasteiger partial charge in [0.1, 0.15) is 0 Å². The molecule has 2 rings (SSSR count). The summed E-state index contributed by atoms with van der Waals surface area (Å²) in [4.78, 5) is 10.8. The highest BCUT2D eigenvalue weighted by atomic mass is 19.4. The van der Waals surface area contributed by atoms with Crippen molar-refractivity contribution in [3.63, 3.8) is 0 Å². The molecule has 0 fully saturated rings. The molecule has 0 aliphatic heterocycles. The Morgan fingerprint density at radius 3 is 2.43 bits per heavy atom. The molecule has 0 aliphatic carbocycles. The number of carboxylic acids is 1. The van der Waals surface area contributed by atoms with Crippen LogP contribution in [0.5, 0.6) is 0 Å². The highest BCUT2D eigenvalue weighted by Crippen LogP contribution is 2.31. The first-order chi connectivity index (χ1) is 9.77. The van der Waals surface area contributed by atoms with E-state index >= 15 is 0 Å². The molecule has 6 heteroatoms. The van der Waals surface area contributed by atoms with Gasteiger partial charge in [-0.3, -0.25) is 0 Å². The number of carbonyl (C=O) groups is 1. The van der Waals surface area contributed by atoms with E-state index in [4.69, 9.17) is 5.11 Å². The third-order valence-electron chi connectivity index (χ3n) is 2.94. The number of aromatic carboxylic acids is 1. The van der Waals surface area contributed by atoms with E-state index in [1.165, 1.54) is 30.3 Å². The Labute approximate surface area is 119 Å². The largest absolute Gasteiger partial charge is 0.478 e. The van der Waals surface area contributed by atoms with Gasteiger partial charge in [0.25, 0.3) is 0 Å². The lowest BCUT2D eigenvalue weighted by atomic mass is 10.1. The molecule has 2 N–H and O–H groups in total. The minimum atomic E-state index is -4.40. The predicted molar refractivity (Wildman–Crippen MR) is 72.9 cm³/mol. The molecule has 0 atom stereocenters. The molecule has 3 nitrogen and oxygen atoms in total. The van der Waals surface area contributed by atoms with E-state index in [-0.39, 0.29) is 11.3 Å². The molecular weight excluding hydrogens is 283 g/mol. The zero-order valence-corrected chi connectivity index (χ0v) is 11.0. The molecule has 0 radical (unpaired) electrons. The standard InChI is InChI=1S/C15H12F3NO2/c1-9-7-10(14(20)21)5-6-13(9)19-12-4-2-3-11(8-12)15(16,17)18/h2-8,19H,1H3,(H,20,21). The van der Waals surface area contributed by atoms with Gasteiger partial charge in [0, 0.05) is 11.4 Å². The Kier molecular flexibility index (Phi) is 3.88. The van der Waals surface area contributed by atoms with E-state index in [0.29, 0.717) is 11.3 Å². The van der Waals surface area contributed by atoms with E-state index in [1.54, 1.807) is 6.92 Å². The number of hydrogen-bond acceptors (Lipinski definition) is 2. The van der Waals surface area contributed by atoms with Crippen LogP contribution in [0.4, 0.5) is 24.5 Å². The second-order valence-corrected chi connectivity index (χ2v) is 4.54. The average Bonchev–Trinajstić information content (AvgIpc) is 2.40. The summed E-state index contributed by atoms with van der Waals surface area (Å²) in [6.07, 6.45) is -4.40. The van der Waals surface area contributed by atoms with Crippen molar-refractivity contribution in [3.8, 4) is 0 Å². The van der Waals surface area contributed by atoms with Crippen molar-refractivity contribution in [2.45, 2.75) is 13.1 Å². The molecule has 0 unspecified atom stereocenters. The molecule has 0 amide bonds. The normalized spacial score (nSPS) is 11.2. The number of benzene rings is 2. The molecule has 0 heterocycles. The zero-order valence-electron chi connectivity index (χ0n) is 11.0. The maximum Gasteiger partial charge on any atom is 0.416 e. The average molecular weight is 295 g/mol. The summed E-state index contributed by atoms with van der Waals surface area (Å²) in [5, 5.41) is 11.7. The maximum absolute atomic E-state index is 12.6. The summed E-state index contributed by atoms with van der Waals surface area (Å²) in [6.45, 7) is 1.68. The van der Waals surface area contributed by atoms with E-state index < -0.39 is 17.7 Å². The van der Waals surface area contributed by atoms with Gasteiger partial charge in [0.2, 0.25) is 0 Å². The summed E-state index contributed by atoms with van der Waals surface area (Å²) in [5.74, 6) is -1.05. The Hall–Kier alpha value is -2.50. The highest BCUT2D eigenvalue weighted by Gasteiger charge is 2.30. The van der Waals surface area contributed by atoms with Crippen LogP contribution in [0, 0.1) is 6.92 Å². The molecule has 2 aromatic rings. The molecule has 2 aromatic carbocycles. The third kappa shape index (κ3) is 3.53. The summed E-state index contributed by atoms with van der Waals surface area (Å²) >= 11 is 0. The first-order valence-corrected chi connectivity index (χ1v) is 6.05. The maximum atomic E-state index is 12.6. The lowest BCUT2D eigenvalue weighted by Crippen LogP contribution is -2.05. The van der Waals surface area contributed by atoms with Gasteiger partial charge in [-0.15, -0.1) is 0 Å². The van der Waals surface area contributed by atoms with Crippen molar-refractivity contribution in [2.24, 2.45) is 0 Å². The van der Waals surface area contributed by atoms with Gasteiger partial charge in [-0.25, -0.2) is 4.79 Å². The smallest absolute Gasteiger partial charge is 0.416 e. The molecule has 0 spiro atoms. The second-order valence-electron chi connectivity index (χ2n) is 4.54. The van der Waals surface area contributed by atoms with Crippen LogP contribution in [-0.2, 0) is 6.18 Å². The lowest BCUT2D eigenvalue weighted by Gasteiger charge is -2.12. The molecule has 110 valence electrons. The summed E-state index contributed by atoms with van der Waals surface area (Å²) < 4.78 is 37.9. The van der Waals surface area contributed by atoms with Gasteiger partial charge in [-0.2, -0.15) is 13.2 Å². The number of anilines is 2. The van der Waals surface area contributed by atoms with Crippen LogP contribution in [0.2, 0.25) is 0 Å². The second kappa shape index (κ2) is 5.47. The monoisotopic (exact) mass is 295 g/mol. The van der Waals surface area contributed by atoms with Gasteiger partial charge in [0.15, 0.2) is 0 Å². The van der Waals surface area contributed by atoms with Crippen molar-refractivity contribution in [3.05, 3.63) is 59.2 Å². The van der Waals surface area contributed by atoms with Crippen LogP contribution in [0.15, 0.2) is 42.5 Å². The minimum Gasteiger partial charge on any atom is -0.478 e. The van der Waals surface area contributed by atoms with Crippen molar-refractivity contribution in [1.29, 1.82) is 0 Å². The quantitative estimate of drug-likeness (QED) is 0.879. The third-order valence-corrected chi connectivity index (χ3v) is 2.94. The SMILES string of the molecule is Cc1cc(C(=O)O)ccc1Nc1cccc(C(F)(F)F)c1. The predicted octanol–water partition coefficient (Wildman–Crippen LogP) is 4.46. The Morgan fingerprint density at radius 2 is 1.86 bits per heavy atom. The van der Waals surface area contributed by atoms with E-state index in [0.717, 1.165) is 12.1 Å². The van der Waals surface area contributed by atoms with Gasteiger partial charge >= 0.3 is 12.1 Å². The summed E-state index contributed by atoms with van der Waals surface area (Å²) in [6, 6.07) is 9.20. The molecule has 0 bridgehead atoms. The highest BCUT2D eigenvalue weighted by molar-refractivity contribution is 5.88. The van der Waals surface area contributed by atoms with Crippen molar-refractivity contribution >= 4 is 17.3 Å². The molecular formula is C15H12F3NO2. The van der Waals surface area contributed by atoms with Gasteiger partial charge in [-0.05, 0) is 48.9 Å². The van der Waals surface area contributed by atoms with Crippen LogP contribution in [0.25, 0.3) is 0 Å². The zero-order chi connectivity index (χ0) is 15.6. The number of halogens is 3. The van der Waals surface area contributed by atoms with Crippen LogP contribution in [0.1, 0.15) is 21.5 Å². The number of hydrogen-bond donors (Lipinski definition) is 2. The molecule has 0 aliphatic rings. The van der Waals surface area contributed by atoms with Crippen LogP contribution >= 0.6 is 0 Å². The Balaban J connectivity index is 2.28. The van der Waals surface area contributed by atoms with E-state index in [9.17, 15) is 18.0 Å². The fraction of sp³-hybridized carbons (Fsp3) is 0.133. The Morgan fingerprint density at radius 1 is 1.14 bits per heavy atom. The number of rotatable bonds is 3. The number of aryl methyl sites for hydroxylation is 1. The minimum absolute atomic E-state index is 0.127. The fourth-order valence-electron chi connectivity index (χ4n) is 1.87. The number of alkyl halides is 3. The Bertz CT molecular complexity index is 681. The summed E-state index contributed by atoms with van der Waals surface area (Å²) in [7, 11) is 0. The van der Waals surface area contributed by atoms with E-state index in [1.807, 2.05) is 0 Å². The molecule has 0 aromatic heterocycles. The van der Waals surface area contributed by atoms with Gasteiger partial charge in [-0.1, -0.05) is 6.07 Å². The van der Waals surface area contributed by atoms with Crippen LogP contribution in [-0.4, -0.2) is 11.1 Å². The number of nitrogens with one attached hydrogen (secondary N) is 1. The summed E-state index contributed by atoms with van der Waals surface area (Å²) in [5.41, 5.74) is 0.858. The first-order valence-electron chi connectivity index (χ1n) is 6.05. The van der Waals surface area contributed by atoms with Gasteiger partial charge < -0.3 is 10.4 Å². The molecule has 21 heavy (non-hydrogen) atoms. The molecule has 0 saturated carbocycles. The molecule has 0 saturated heterocycles. The number of carboxylic acid groups (broad SMARTS) is 1. The van der Waals surface area contributed by atoms with Crippen molar-refractivity contribution < 1.29 is 23.1 Å². The van der Waals surface area contributed by atoms with Crippen LogP contribution < -0.4 is 5.32 Å². The van der Waals surface area contributed by atoms with Gasteiger partial charge in [0.05, 0.1) is 11.1 Å². The van der Waals surface area contributed by atoms with Crippen molar-refractivity contribution in [1.82, 2.24) is 0 Å². The fourth-order valence-corrected chi connectivity index (χ4v) is 1.87. The lowest BCUT2D eigenvalue weighted by molar-refractivity contribution is -0.137. The van der Waals surface area contributed by atoms with Crippen LogP contribution in [0.3, 0.4) is 0 Å². The first kappa shape index (κ1) is 14.9. The topological polar surface area (TPSA) is 49.3 Å².